The van der Waals surface area contributed by atoms with Crippen molar-refractivity contribution in [2.45, 2.75) is 6.42 Å². The van der Waals surface area contributed by atoms with Crippen molar-refractivity contribution in [2.75, 3.05) is 13.7 Å². The SMILES string of the molecule is COc1ccc(-c2cc(-c3cc(C(=O)O)c(CCN)[nH]3)ccn2)cn1. The highest BCUT2D eigenvalue weighted by Gasteiger charge is 2.15. The van der Waals surface area contributed by atoms with Gasteiger partial charge in [-0.1, -0.05) is 0 Å². The summed E-state index contributed by atoms with van der Waals surface area (Å²) >= 11 is 0. The molecule has 128 valence electrons. The van der Waals surface area contributed by atoms with Crippen LogP contribution in [0.25, 0.3) is 22.5 Å². The largest absolute Gasteiger partial charge is 0.481 e. The minimum atomic E-state index is -0.973. The molecule has 0 radical (unpaired) electrons. The van der Waals surface area contributed by atoms with E-state index in [0.717, 1.165) is 16.8 Å². The van der Waals surface area contributed by atoms with Crippen molar-refractivity contribution in [3.8, 4) is 28.4 Å². The average Bonchev–Trinajstić information content (AvgIpc) is 3.07. The highest BCUT2D eigenvalue weighted by molar-refractivity contribution is 5.91. The number of hydrogen-bond donors (Lipinski definition) is 3. The molecule has 3 rings (SSSR count). The number of carboxylic acid groups (broad SMARTS) is 1. The molecule has 4 N–H and O–H groups in total. The lowest BCUT2D eigenvalue weighted by Gasteiger charge is -2.04. The third-order valence-electron chi connectivity index (χ3n) is 3.84. The van der Waals surface area contributed by atoms with Crippen molar-refractivity contribution in [2.24, 2.45) is 5.73 Å². The molecule has 0 bridgehead atoms. The quantitative estimate of drug-likeness (QED) is 0.635. The van der Waals surface area contributed by atoms with Crippen LogP contribution in [0, 0.1) is 0 Å². The Bertz CT molecular complexity index is 888. The minimum absolute atomic E-state index is 0.241. The van der Waals surface area contributed by atoms with Crippen LogP contribution in [0.3, 0.4) is 0 Å². The molecule has 0 aromatic carbocycles. The fourth-order valence-corrected chi connectivity index (χ4v) is 2.59. The summed E-state index contributed by atoms with van der Waals surface area (Å²) in [4.78, 5) is 23.1. The van der Waals surface area contributed by atoms with Gasteiger partial charge in [-0.05, 0) is 30.8 Å². The first-order valence-electron chi connectivity index (χ1n) is 7.74. The van der Waals surface area contributed by atoms with Gasteiger partial charge < -0.3 is 20.6 Å². The predicted octanol–water partition coefficient (Wildman–Crippen LogP) is 2.35. The van der Waals surface area contributed by atoms with Gasteiger partial charge in [0.1, 0.15) is 0 Å². The van der Waals surface area contributed by atoms with E-state index in [1.165, 1.54) is 0 Å². The van der Waals surface area contributed by atoms with Gasteiger partial charge >= 0.3 is 5.97 Å². The molecule has 3 heterocycles. The Labute approximate surface area is 144 Å². The van der Waals surface area contributed by atoms with E-state index in [0.29, 0.717) is 30.2 Å². The Morgan fingerprint density at radius 3 is 2.72 bits per heavy atom. The van der Waals surface area contributed by atoms with E-state index >= 15 is 0 Å². The standard InChI is InChI=1S/C18H18N4O3/c1-25-17-3-2-12(10-21-17)15-8-11(5-7-20-15)16-9-13(18(23)24)14(22-16)4-6-19/h2-3,5,7-10,22H,4,6,19H2,1H3,(H,23,24). The smallest absolute Gasteiger partial charge is 0.337 e. The Hall–Kier alpha value is -3.19. The normalized spacial score (nSPS) is 10.6. The van der Waals surface area contributed by atoms with Crippen molar-refractivity contribution in [1.29, 1.82) is 0 Å². The Kier molecular flexibility index (Phi) is 4.76. The Morgan fingerprint density at radius 2 is 2.08 bits per heavy atom. The average molecular weight is 338 g/mol. The molecular formula is C18H18N4O3. The molecule has 0 aliphatic carbocycles. The van der Waals surface area contributed by atoms with Crippen LogP contribution in [0.1, 0.15) is 16.1 Å². The second-order valence-electron chi connectivity index (χ2n) is 5.44. The third-order valence-corrected chi connectivity index (χ3v) is 3.84. The summed E-state index contributed by atoms with van der Waals surface area (Å²) in [6, 6.07) is 8.96. The number of aromatic carboxylic acids is 1. The second kappa shape index (κ2) is 7.14. The van der Waals surface area contributed by atoms with Crippen LogP contribution in [0.4, 0.5) is 0 Å². The van der Waals surface area contributed by atoms with Gasteiger partial charge in [0.05, 0.1) is 18.4 Å². The fourth-order valence-electron chi connectivity index (χ4n) is 2.59. The van der Waals surface area contributed by atoms with Crippen LogP contribution >= 0.6 is 0 Å². The number of nitrogens with zero attached hydrogens (tertiary/aromatic N) is 2. The van der Waals surface area contributed by atoms with Gasteiger partial charge in [-0.25, -0.2) is 9.78 Å². The van der Waals surface area contributed by atoms with Crippen molar-refractivity contribution in [1.82, 2.24) is 15.0 Å². The lowest BCUT2D eigenvalue weighted by molar-refractivity contribution is 0.0696. The molecule has 25 heavy (non-hydrogen) atoms. The van der Waals surface area contributed by atoms with E-state index in [2.05, 4.69) is 15.0 Å². The van der Waals surface area contributed by atoms with Gasteiger partial charge in [-0.15, -0.1) is 0 Å². The zero-order valence-electron chi connectivity index (χ0n) is 13.7. The van der Waals surface area contributed by atoms with Crippen molar-refractivity contribution in [3.63, 3.8) is 0 Å². The number of ether oxygens (including phenoxy) is 1. The number of carbonyl (C=O) groups is 1. The lowest BCUT2D eigenvalue weighted by atomic mass is 10.1. The van der Waals surface area contributed by atoms with Crippen LogP contribution in [0.2, 0.25) is 0 Å². The van der Waals surface area contributed by atoms with E-state index in [1.807, 2.05) is 18.2 Å². The Morgan fingerprint density at radius 1 is 1.24 bits per heavy atom. The van der Waals surface area contributed by atoms with Crippen LogP contribution in [-0.2, 0) is 6.42 Å². The number of aromatic amines is 1. The number of H-pyrrole nitrogens is 1. The zero-order chi connectivity index (χ0) is 17.8. The maximum atomic E-state index is 11.4. The number of aromatic nitrogens is 3. The number of pyridine rings is 2. The van der Waals surface area contributed by atoms with Gasteiger partial charge in [0.2, 0.25) is 5.88 Å². The molecule has 0 aliphatic rings. The van der Waals surface area contributed by atoms with Crippen molar-refractivity contribution in [3.05, 3.63) is 54.0 Å². The highest BCUT2D eigenvalue weighted by atomic mass is 16.5. The van der Waals surface area contributed by atoms with E-state index in [-0.39, 0.29) is 5.56 Å². The second-order valence-corrected chi connectivity index (χ2v) is 5.44. The molecule has 0 atom stereocenters. The summed E-state index contributed by atoms with van der Waals surface area (Å²) in [6.45, 7) is 0.374. The molecule has 7 nitrogen and oxygen atoms in total. The van der Waals surface area contributed by atoms with Crippen LogP contribution in [0.5, 0.6) is 5.88 Å². The molecular weight excluding hydrogens is 320 g/mol. The van der Waals surface area contributed by atoms with Crippen LogP contribution in [-0.4, -0.2) is 39.7 Å². The topological polar surface area (TPSA) is 114 Å². The molecule has 0 spiro atoms. The van der Waals surface area contributed by atoms with Crippen LogP contribution < -0.4 is 10.5 Å². The predicted molar refractivity (Wildman–Crippen MR) is 93.5 cm³/mol. The summed E-state index contributed by atoms with van der Waals surface area (Å²) in [5.41, 5.74) is 9.55. The number of hydrogen-bond acceptors (Lipinski definition) is 5. The molecule has 0 aliphatic heterocycles. The van der Waals surface area contributed by atoms with E-state index in [9.17, 15) is 9.90 Å². The molecule has 0 amide bonds. The third kappa shape index (κ3) is 3.51. The van der Waals surface area contributed by atoms with E-state index in [1.54, 1.807) is 31.6 Å². The summed E-state index contributed by atoms with van der Waals surface area (Å²) < 4.78 is 5.06. The first-order chi connectivity index (χ1) is 12.1. The van der Waals surface area contributed by atoms with Crippen molar-refractivity contribution < 1.29 is 14.6 Å². The maximum Gasteiger partial charge on any atom is 0.337 e. The zero-order valence-corrected chi connectivity index (χ0v) is 13.7. The van der Waals surface area contributed by atoms with Gasteiger partial charge in [-0.2, -0.15) is 0 Å². The molecule has 0 fully saturated rings. The van der Waals surface area contributed by atoms with E-state index in [4.69, 9.17) is 10.5 Å². The van der Waals surface area contributed by atoms with Gasteiger partial charge in [0.15, 0.2) is 0 Å². The minimum Gasteiger partial charge on any atom is -0.481 e. The van der Waals surface area contributed by atoms with Gasteiger partial charge in [0.25, 0.3) is 0 Å². The maximum absolute atomic E-state index is 11.4. The molecule has 0 saturated carbocycles. The summed E-state index contributed by atoms with van der Waals surface area (Å²) in [7, 11) is 1.56. The van der Waals surface area contributed by atoms with Crippen molar-refractivity contribution >= 4 is 5.97 Å². The Balaban J connectivity index is 1.98. The first-order valence-corrected chi connectivity index (χ1v) is 7.74. The first kappa shape index (κ1) is 16.7. The number of rotatable bonds is 6. The monoisotopic (exact) mass is 338 g/mol. The number of methoxy groups -OCH3 is 1. The fraction of sp³-hybridized carbons (Fsp3) is 0.167. The number of nitrogens with one attached hydrogen (secondary N) is 1. The number of carboxylic acids is 1. The molecule has 7 heteroatoms. The molecule has 3 aromatic rings. The number of nitrogens with two attached hydrogens (primary N) is 1. The van der Waals surface area contributed by atoms with Gasteiger partial charge in [-0.3, -0.25) is 4.98 Å². The van der Waals surface area contributed by atoms with Crippen LogP contribution in [0.15, 0.2) is 42.7 Å². The summed E-state index contributed by atoms with van der Waals surface area (Å²) in [6.07, 6.45) is 3.84. The van der Waals surface area contributed by atoms with Gasteiger partial charge in [0, 0.05) is 47.4 Å². The lowest BCUT2D eigenvalue weighted by Crippen LogP contribution is -2.07. The summed E-state index contributed by atoms with van der Waals surface area (Å²) in [5.74, 6) is -0.443. The molecule has 0 saturated heterocycles. The molecule has 3 aromatic heterocycles. The molecule has 0 unspecified atom stereocenters. The van der Waals surface area contributed by atoms with E-state index < -0.39 is 5.97 Å². The summed E-state index contributed by atoms with van der Waals surface area (Å²) in [5, 5.41) is 9.34. The highest BCUT2D eigenvalue weighted by Crippen LogP contribution is 2.26.